The lowest BCUT2D eigenvalue weighted by molar-refractivity contribution is 0.324. The van der Waals surface area contributed by atoms with Crippen molar-refractivity contribution in [2.24, 2.45) is 0 Å². The zero-order chi connectivity index (χ0) is 17.3. The van der Waals surface area contributed by atoms with Crippen molar-refractivity contribution in [3.8, 4) is 28.4 Å². The van der Waals surface area contributed by atoms with Gasteiger partial charge in [0.05, 0.1) is 27.0 Å². The van der Waals surface area contributed by atoms with Gasteiger partial charge >= 0.3 is 0 Å². The van der Waals surface area contributed by atoms with Crippen molar-refractivity contribution in [1.29, 1.82) is 0 Å². The van der Waals surface area contributed by atoms with Crippen LogP contribution in [0.3, 0.4) is 0 Å². The van der Waals surface area contributed by atoms with Gasteiger partial charge in [0.25, 0.3) is 0 Å². The molecule has 0 saturated carbocycles. The van der Waals surface area contributed by atoms with Gasteiger partial charge < -0.3 is 19.9 Å². The van der Waals surface area contributed by atoms with E-state index in [1.807, 2.05) is 12.1 Å². The summed E-state index contributed by atoms with van der Waals surface area (Å²) >= 11 is 0. The van der Waals surface area contributed by atoms with Gasteiger partial charge in [0, 0.05) is 5.56 Å². The van der Waals surface area contributed by atoms with Crippen LogP contribution in [0.15, 0.2) is 29.1 Å². The van der Waals surface area contributed by atoms with E-state index in [1.54, 1.807) is 27.4 Å². The quantitative estimate of drug-likeness (QED) is 0.938. The third-order valence-corrected chi connectivity index (χ3v) is 4.43. The lowest BCUT2D eigenvalue weighted by Crippen LogP contribution is -2.02. The topological polar surface area (TPSA) is 70.8 Å². The van der Waals surface area contributed by atoms with E-state index < -0.39 is 0 Å². The fraction of sp³-hybridized carbons (Fsp3) is 0.316. The monoisotopic (exact) mass is 327 g/mol. The normalized spacial score (nSPS) is 12.6. The molecule has 5 nitrogen and oxygen atoms in total. The predicted octanol–water partition coefficient (Wildman–Crippen LogP) is 2.81. The molecule has 2 aromatic rings. The molecule has 3 rings (SSSR count). The summed E-state index contributed by atoms with van der Waals surface area (Å²) in [5, 5.41) is 0. The average Bonchev–Trinajstić information content (AvgIpc) is 2.84. The van der Waals surface area contributed by atoms with Gasteiger partial charge in [-0.25, -0.2) is 0 Å². The number of hydrogen-bond acceptors (Lipinski definition) is 5. The maximum absolute atomic E-state index is 12.0. The molecule has 0 bridgehead atoms. The van der Waals surface area contributed by atoms with Gasteiger partial charge in [0.15, 0.2) is 11.5 Å². The van der Waals surface area contributed by atoms with E-state index in [0.29, 0.717) is 17.2 Å². The molecule has 2 N–H and O–H groups in total. The van der Waals surface area contributed by atoms with Crippen molar-refractivity contribution in [2.45, 2.75) is 19.3 Å². The number of ether oxygens (including phenoxy) is 3. The van der Waals surface area contributed by atoms with Gasteiger partial charge in [-0.1, -0.05) is 0 Å². The highest BCUT2D eigenvalue weighted by Crippen LogP contribution is 2.48. The van der Waals surface area contributed by atoms with E-state index >= 15 is 0 Å². The van der Waals surface area contributed by atoms with Crippen LogP contribution in [0.5, 0.6) is 17.2 Å². The Kier molecular flexibility index (Phi) is 4.34. The summed E-state index contributed by atoms with van der Waals surface area (Å²) in [5.74, 6) is 1.81. The standard InChI is InChI=1S/C19H21NO4/c1-22-16-10-12-6-4-5-11-9-14(20)15(21)8-7-13(11)17(12)19(24-3)18(16)23-2/h7-10H,4-6H2,1-3H3,(H2,20,21). The number of rotatable bonds is 3. The Bertz CT molecular complexity index is 846. The summed E-state index contributed by atoms with van der Waals surface area (Å²) < 4.78 is 16.6. The van der Waals surface area contributed by atoms with Crippen LogP contribution in [0, 0.1) is 0 Å². The Labute approximate surface area is 141 Å². The van der Waals surface area contributed by atoms with Gasteiger partial charge in [0.2, 0.25) is 11.2 Å². The minimum absolute atomic E-state index is 0.177. The molecule has 0 spiro atoms. The molecule has 5 heteroatoms. The largest absolute Gasteiger partial charge is 0.493 e. The predicted molar refractivity (Wildman–Crippen MR) is 94.2 cm³/mol. The molecule has 24 heavy (non-hydrogen) atoms. The molecule has 2 aromatic carbocycles. The Hall–Kier alpha value is -2.69. The summed E-state index contributed by atoms with van der Waals surface area (Å²) in [6.07, 6.45) is 2.68. The van der Waals surface area contributed by atoms with E-state index in [1.165, 1.54) is 6.07 Å². The molecular formula is C19H21NO4. The minimum atomic E-state index is -0.177. The molecule has 0 unspecified atom stereocenters. The van der Waals surface area contributed by atoms with Gasteiger partial charge in [0.1, 0.15) is 0 Å². The minimum Gasteiger partial charge on any atom is -0.493 e. The number of fused-ring (bicyclic) bond motifs is 3. The van der Waals surface area contributed by atoms with Crippen molar-refractivity contribution in [3.05, 3.63) is 45.6 Å². The second-order valence-electron chi connectivity index (χ2n) is 5.77. The van der Waals surface area contributed by atoms with Crippen LogP contribution in [0.2, 0.25) is 0 Å². The molecule has 126 valence electrons. The number of aryl methyl sites for hydroxylation is 2. The zero-order valence-electron chi connectivity index (χ0n) is 14.1. The SMILES string of the molecule is COc1cc2c(c(OC)c1OC)-c1ccc(=O)c(N)cc1CCC2. The van der Waals surface area contributed by atoms with E-state index in [0.717, 1.165) is 41.5 Å². The van der Waals surface area contributed by atoms with E-state index in [-0.39, 0.29) is 11.1 Å². The van der Waals surface area contributed by atoms with Gasteiger partial charge in [-0.15, -0.1) is 0 Å². The summed E-state index contributed by atoms with van der Waals surface area (Å²) in [7, 11) is 4.81. The molecule has 0 atom stereocenters. The number of nitrogen functional groups attached to an aromatic ring is 1. The van der Waals surface area contributed by atoms with Crippen LogP contribution in [0.4, 0.5) is 5.69 Å². The summed E-state index contributed by atoms with van der Waals surface area (Å²) in [6, 6.07) is 7.11. The first-order valence-corrected chi connectivity index (χ1v) is 7.85. The molecule has 0 radical (unpaired) electrons. The lowest BCUT2D eigenvalue weighted by Gasteiger charge is -2.19. The molecule has 0 saturated heterocycles. The first-order chi connectivity index (χ1) is 11.6. The first kappa shape index (κ1) is 16.2. The number of benzene rings is 1. The first-order valence-electron chi connectivity index (χ1n) is 7.85. The Balaban J connectivity index is 2.41. The molecule has 0 heterocycles. The van der Waals surface area contributed by atoms with Crippen LogP contribution in [-0.2, 0) is 12.8 Å². The summed E-state index contributed by atoms with van der Waals surface area (Å²) in [5.41, 5.74) is 10.0. The van der Waals surface area contributed by atoms with Crippen molar-refractivity contribution < 1.29 is 14.2 Å². The maximum atomic E-state index is 12.0. The second kappa shape index (κ2) is 6.43. The fourth-order valence-corrected chi connectivity index (χ4v) is 3.32. The Morgan fingerprint density at radius 3 is 2.29 bits per heavy atom. The highest BCUT2D eigenvalue weighted by molar-refractivity contribution is 5.82. The molecule has 0 fully saturated rings. The van der Waals surface area contributed by atoms with Gasteiger partial charge in [-0.05, 0) is 60.2 Å². The van der Waals surface area contributed by atoms with Gasteiger partial charge in [-0.2, -0.15) is 0 Å². The Morgan fingerprint density at radius 2 is 1.62 bits per heavy atom. The van der Waals surface area contributed by atoms with Crippen molar-refractivity contribution in [2.75, 3.05) is 27.1 Å². The number of hydrogen-bond donors (Lipinski definition) is 1. The van der Waals surface area contributed by atoms with Crippen molar-refractivity contribution in [3.63, 3.8) is 0 Å². The highest BCUT2D eigenvalue weighted by atomic mass is 16.5. The molecule has 1 aliphatic rings. The number of nitrogens with two attached hydrogens (primary N) is 1. The number of anilines is 1. The van der Waals surface area contributed by atoms with Crippen LogP contribution >= 0.6 is 0 Å². The van der Waals surface area contributed by atoms with Crippen LogP contribution in [0.25, 0.3) is 11.1 Å². The Morgan fingerprint density at radius 1 is 0.917 bits per heavy atom. The lowest BCUT2D eigenvalue weighted by atomic mass is 9.96. The van der Waals surface area contributed by atoms with E-state index in [4.69, 9.17) is 19.9 Å². The highest BCUT2D eigenvalue weighted by Gasteiger charge is 2.25. The summed E-state index contributed by atoms with van der Waals surface area (Å²) in [4.78, 5) is 12.0. The average molecular weight is 327 g/mol. The third-order valence-electron chi connectivity index (χ3n) is 4.43. The van der Waals surface area contributed by atoms with Crippen molar-refractivity contribution >= 4 is 5.69 Å². The summed E-state index contributed by atoms with van der Waals surface area (Å²) in [6.45, 7) is 0. The van der Waals surface area contributed by atoms with Crippen LogP contribution in [0.1, 0.15) is 17.5 Å². The molecule has 1 aliphatic carbocycles. The molecular weight excluding hydrogens is 306 g/mol. The molecule has 0 aromatic heterocycles. The maximum Gasteiger partial charge on any atom is 0.203 e. The van der Waals surface area contributed by atoms with Gasteiger partial charge in [-0.3, -0.25) is 4.79 Å². The van der Waals surface area contributed by atoms with Crippen LogP contribution in [-0.4, -0.2) is 21.3 Å². The molecule has 0 amide bonds. The third kappa shape index (κ3) is 2.56. The zero-order valence-corrected chi connectivity index (χ0v) is 14.1. The van der Waals surface area contributed by atoms with Crippen molar-refractivity contribution in [1.82, 2.24) is 0 Å². The van der Waals surface area contributed by atoms with E-state index in [2.05, 4.69) is 0 Å². The smallest absolute Gasteiger partial charge is 0.203 e. The second-order valence-corrected chi connectivity index (χ2v) is 5.77. The van der Waals surface area contributed by atoms with E-state index in [9.17, 15) is 4.79 Å². The number of methoxy groups -OCH3 is 3. The fourth-order valence-electron chi connectivity index (χ4n) is 3.32. The molecule has 0 aliphatic heterocycles. The van der Waals surface area contributed by atoms with Crippen LogP contribution < -0.4 is 25.4 Å².